The number of hydrogen-bond donors (Lipinski definition) is 0. The molecular weight excluding hydrogens is 342 g/mol. The van der Waals surface area contributed by atoms with Gasteiger partial charge in [-0.3, -0.25) is 9.69 Å². The van der Waals surface area contributed by atoms with Crippen LogP contribution in [0.25, 0.3) is 16.3 Å². The van der Waals surface area contributed by atoms with Gasteiger partial charge in [0.05, 0.1) is 10.2 Å². The fourth-order valence-electron chi connectivity index (χ4n) is 2.56. The second-order valence-electron chi connectivity index (χ2n) is 6.50. The molecule has 0 bridgehead atoms. The van der Waals surface area contributed by atoms with Crippen molar-refractivity contribution < 1.29 is 4.79 Å². The molecule has 5 heteroatoms. The fraction of sp³-hybridized carbons (Fsp3) is 0.238. The molecule has 0 aliphatic heterocycles. The number of likely N-dealkylation sites (N-methyl/N-ethyl adjacent to an activating group) is 1. The Morgan fingerprint density at radius 3 is 2.62 bits per heavy atom. The van der Waals surface area contributed by atoms with Gasteiger partial charge in [0.2, 0.25) is 0 Å². The SMILES string of the molecule is Cc1ccc2nc(N(CCN(C)C)C(=O)/C=C/c3ccccc3)sc2c1. The number of benzene rings is 2. The molecule has 1 amide bonds. The number of hydrogen-bond acceptors (Lipinski definition) is 4. The van der Waals surface area contributed by atoms with E-state index >= 15 is 0 Å². The molecule has 26 heavy (non-hydrogen) atoms. The third-order valence-electron chi connectivity index (χ3n) is 4.02. The van der Waals surface area contributed by atoms with Crippen molar-refractivity contribution in [1.29, 1.82) is 0 Å². The third-order valence-corrected chi connectivity index (χ3v) is 5.06. The number of carbonyl (C=O) groups is 1. The first-order chi connectivity index (χ1) is 12.5. The van der Waals surface area contributed by atoms with Crippen molar-refractivity contribution in [2.45, 2.75) is 6.92 Å². The van der Waals surface area contributed by atoms with E-state index in [1.54, 1.807) is 22.3 Å². The molecule has 134 valence electrons. The van der Waals surface area contributed by atoms with Crippen LogP contribution < -0.4 is 4.90 Å². The van der Waals surface area contributed by atoms with Gasteiger partial charge >= 0.3 is 0 Å². The van der Waals surface area contributed by atoms with Crippen LogP contribution in [-0.4, -0.2) is 43.0 Å². The highest BCUT2D eigenvalue weighted by Gasteiger charge is 2.18. The van der Waals surface area contributed by atoms with E-state index in [1.165, 1.54) is 5.56 Å². The molecule has 1 heterocycles. The summed E-state index contributed by atoms with van der Waals surface area (Å²) in [5, 5.41) is 0.746. The Hall–Kier alpha value is -2.50. The Labute approximate surface area is 158 Å². The molecule has 0 aliphatic carbocycles. The molecule has 0 N–H and O–H groups in total. The zero-order chi connectivity index (χ0) is 18.5. The Kier molecular flexibility index (Phi) is 5.81. The van der Waals surface area contributed by atoms with Crippen molar-refractivity contribution in [2.75, 3.05) is 32.1 Å². The molecule has 1 aromatic heterocycles. The van der Waals surface area contributed by atoms with Crippen molar-refractivity contribution in [3.8, 4) is 0 Å². The summed E-state index contributed by atoms with van der Waals surface area (Å²) in [6.45, 7) is 3.44. The maximum atomic E-state index is 12.9. The Morgan fingerprint density at radius 2 is 1.88 bits per heavy atom. The molecule has 3 rings (SSSR count). The molecule has 0 atom stereocenters. The first-order valence-corrected chi connectivity index (χ1v) is 9.41. The molecule has 0 spiro atoms. The van der Waals surface area contributed by atoms with Crippen LogP contribution in [0.3, 0.4) is 0 Å². The van der Waals surface area contributed by atoms with Gasteiger partial charge in [0, 0.05) is 19.2 Å². The minimum Gasteiger partial charge on any atom is -0.308 e. The number of aromatic nitrogens is 1. The summed E-state index contributed by atoms with van der Waals surface area (Å²) in [5.41, 5.74) is 3.14. The normalized spacial score (nSPS) is 11.5. The first kappa shape index (κ1) is 18.3. The van der Waals surface area contributed by atoms with Crippen molar-refractivity contribution in [3.63, 3.8) is 0 Å². The highest BCUT2D eigenvalue weighted by Crippen LogP contribution is 2.29. The van der Waals surface area contributed by atoms with Crippen molar-refractivity contribution in [2.24, 2.45) is 0 Å². The van der Waals surface area contributed by atoms with Gasteiger partial charge in [-0.2, -0.15) is 0 Å². The maximum absolute atomic E-state index is 12.9. The van der Waals surface area contributed by atoms with E-state index in [-0.39, 0.29) is 5.91 Å². The lowest BCUT2D eigenvalue weighted by molar-refractivity contribution is -0.114. The van der Waals surface area contributed by atoms with Gasteiger partial charge in [0.25, 0.3) is 5.91 Å². The van der Waals surface area contributed by atoms with E-state index in [0.717, 1.165) is 27.5 Å². The highest BCUT2D eigenvalue weighted by atomic mass is 32.1. The quantitative estimate of drug-likeness (QED) is 0.614. The molecule has 0 saturated carbocycles. The predicted molar refractivity (Wildman–Crippen MR) is 111 cm³/mol. The summed E-state index contributed by atoms with van der Waals surface area (Å²) in [5.74, 6) is -0.0496. The number of thiazole rings is 1. The molecule has 0 aliphatic rings. The van der Waals surface area contributed by atoms with Crippen molar-refractivity contribution >= 4 is 38.7 Å². The van der Waals surface area contributed by atoms with Gasteiger partial charge in [-0.15, -0.1) is 0 Å². The van der Waals surface area contributed by atoms with Gasteiger partial charge in [0.15, 0.2) is 5.13 Å². The van der Waals surface area contributed by atoms with Gasteiger partial charge in [-0.1, -0.05) is 47.7 Å². The summed E-state index contributed by atoms with van der Waals surface area (Å²) in [7, 11) is 4.01. The van der Waals surface area contributed by atoms with Crippen molar-refractivity contribution in [1.82, 2.24) is 9.88 Å². The topological polar surface area (TPSA) is 36.4 Å². The second-order valence-corrected chi connectivity index (χ2v) is 7.51. The Morgan fingerprint density at radius 1 is 1.12 bits per heavy atom. The summed E-state index contributed by atoms with van der Waals surface area (Å²) >= 11 is 1.56. The Balaban J connectivity index is 1.87. The van der Waals surface area contributed by atoms with Crippen LogP contribution in [0.5, 0.6) is 0 Å². The van der Waals surface area contributed by atoms with Crippen molar-refractivity contribution in [3.05, 3.63) is 65.7 Å². The molecule has 0 radical (unpaired) electrons. The summed E-state index contributed by atoms with van der Waals surface area (Å²) < 4.78 is 1.11. The average Bonchev–Trinajstić information content (AvgIpc) is 3.03. The molecule has 3 aromatic rings. The molecule has 2 aromatic carbocycles. The fourth-order valence-corrected chi connectivity index (χ4v) is 3.65. The predicted octanol–water partition coefficient (Wildman–Crippen LogP) is 4.21. The highest BCUT2D eigenvalue weighted by molar-refractivity contribution is 7.22. The lowest BCUT2D eigenvalue weighted by Crippen LogP contribution is -2.35. The second kappa shape index (κ2) is 8.25. The lowest BCUT2D eigenvalue weighted by atomic mass is 10.2. The molecule has 4 nitrogen and oxygen atoms in total. The van der Waals surface area contributed by atoms with Crippen LogP contribution in [0.2, 0.25) is 0 Å². The van der Waals surface area contributed by atoms with Gasteiger partial charge < -0.3 is 4.90 Å². The van der Waals surface area contributed by atoms with Crippen LogP contribution in [0.15, 0.2) is 54.6 Å². The van der Waals surface area contributed by atoms with E-state index in [4.69, 9.17) is 0 Å². The molecular formula is C21H23N3OS. The number of aryl methyl sites for hydroxylation is 1. The Bertz CT molecular complexity index is 915. The van der Waals surface area contributed by atoms with E-state index in [0.29, 0.717) is 6.54 Å². The summed E-state index contributed by atoms with van der Waals surface area (Å²) in [6, 6.07) is 16.0. The zero-order valence-electron chi connectivity index (χ0n) is 15.3. The molecule has 0 saturated heterocycles. The lowest BCUT2D eigenvalue weighted by Gasteiger charge is -2.20. The van der Waals surface area contributed by atoms with Gasteiger partial charge in [0.1, 0.15) is 0 Å². The van der Waals surface area contributed by atoms with E-state index < -0.39 is 0 Å². The number of fused-ring (bicyclic) bond motifs is 1. The van der Waals surface area contributed by atoms with Crippen LogP contribution in [0, 0.1) is 6.92 Å². The minimum atomic E-state index is -0.0496. The standard InChI is InChI=1S/C21H23N3OS/c1-16-9-11-18-19(15-16)26-21(22-18)24(14-13-23(2)3)20(25)12-10-17-7-5-4-6-8-17/h4-12,15H,13-14H2,1-3H3/b12-10+. The number of anilines is 1. The smallest absolute Gasteiger partial charge is 0.252 e. The summed E-state index contributed by atoms with van der Waals surface area (Å²) in [4.78, 5) is 21.4. The van der Waals surface area contributed by atoms with E-state index in [2.05, 4.69) is 22.9 Å². The average molecular weight is 366 g/mol. The number of nitrogens with zero attached hydrogens (tertiary/aromatic N) is 3. The summed E-state index contributed by atoms with van der Waals surface area (Å²) in [6.07, 6.45) is 3.48. The minimum absolute atomic E-state index is 0.0496. The van der Waals surface area contributed by atoms with Gasteiger partial charge in [-0.25, -0.2) is 4.98 Å². The largest absolute Gasteiger partial charge is 0.308 e. The van der Waals surface area contributed by atoms with Crippen LogP contribution in [-0.2, 0) is 4.79 Å². The van der Waals surface area contributed by atoms with E-state index in [9.17, 15) is 4.79 Å². The maximum Gasteiger partial charge on any atom is 0.252 e. The van der Waals surface area contributed by atoms with E-state index in [1.807, 2.05) is 62.6 Å². The third kappa shape index (κ3) is 4.56. The van der Waals surface area contributed by atoms with Crippen LogP contribution >= 0.6 is 11.3 Å². The van der Waals surface area contributed by atoms with Crippen LogP contribution in [0.4, 0.5) is 5.13 Å². The zero-order valence-corrected chi connectivity index (χ0v) is 16.2. The molecule has 0 unspecified atom stereocenters. The van der Waals surface area contributed by atoms with Gasteiger partial charge in [-0.05, 0) is 50.4 Å². The number of carbonyl (C=O) groups excluding carboxylic acids is 1. The number of rotatable bonds is 6. The first-order valence-electron chi connectivity index (χ1n) is 8.59. The molecule has 0 fully saturated rings. The monoisotopic (exact) mass is 365 g/mol. The van der Waals surface area contributed by atoms with Crippen LogP contribution in [0.1, 0.15) is 11.1 Å². The number of amides is 1.